The molecule has 0 aliphatic heterocycles. The zero-order valence-corrected chi connectivity index (χ0v) is 19.5. The Labute approximate surface area is 189 Å². The van der Waals surface area contributed by atoms with Crippen molar-refractivity contribution in [2.24, 2.45) is 0 Å². The summed E-state index contributed by atoms with van der Waals surface area (Å²) >= 11 is 2.50. The van der Waals surface area contributed by atoms with Crippen LogP contribution in [0, 0.1) is 0 Å². The topological polar surface area (TPSA) is 111 Å². The van der Waals surface area contributed by atoms with Gasteiger partial charge in [0, 0.05) is 11.4 Å². The van der Waals surface area contributed by atoms with E-state index >= 15 is 0 Å². The number of nitrogens with one attached hydrogen (secondary N) is 1. The summed E-state index contributed by atoms with van der Waals surface area (Å²) in [7, 11) is 0. The Morgan fingerprint density at radius 3 is 2.81 bits per heavy atom. The van der Waals surface area contributed by atoms with E-state index in [2.05, 4.69) is 10.3 Å². The fraction of sp³-hybridized carbons (Fsp3) is 0.524. The molecule has 0 spiro atoms. The molecule has 168 valence electrons. The average Bonchev–Trinajstić information content (AvgIpc) is 3.06. The Hall–Kier alpha value is -2.33. The highest BCUT2D eigenvalue weighted by molar-refractivity contribution is 7.99. The molecule has 0 atom stereocenters. The molecule has 10 heteroatoms. The predicted molar refractivity (Wildman–Crippen MR) is 121 cm³/mol. The van der Waals surface area contributed by atoms with E-state index in [-0.39, 0.29) is 34.4 Å². The smallest absolute Gasteiger partial charge is 0.341 e. The number of anilines is 1. The van der Waals surface area contributed by atoms with Gasteiger partial charge in [0.1, 0.15) is 5.00 Å². The van der Waals surface area contributed by atoms with E-state index in [1.165, 1.54) is 15.9 Å². The van der Waals surface area contributed by atoms with E-state index in [0.717, 1.165) is 54.0 Å². The molecule has 0 unspecified atom stereocenters. The number of amides is 1. The number of ether oxygens (including phenoxy) is 1. The van der Waals surface area contributed by atoms with Gasteiger partial charge in [-0.05, 0) is 51.5 Å². The molecule has 1 aliphatic carbocycles. The van der Waals surface area contributed by atoms with Crippen LogP contribution >= 0.6 is 23.1 Å². The van der Waals surface area contributed by atoms with Crippen LogP contribution in [0.15, 0.2) is 16.0 Å². The average molecular weight is 466 g/mol. The van der Waals surface area contributed by atoms with Gasteiger partial charge in [0.2, 0.25) is 11.8 Å². The van der Waals surface area contributed by atoms with Crippen LogP contribution in [0.25, 0.3) is 0 Å². The molecule has 0 fully saturated rings. The fourth-order valence-corrected chi connectivity index (χ4v) is 5.57. The van der Waals surface area contributed by atoms with Crippen molar-refractivity contribution >= 4 is 40.0 Å². The molecule has 0 aromatic carbocycles. The summed E-state index contributed by atoms with van der Waals surface area (Å²) in [6.45, 7) is 5.96. The quantitative estimate of drug-likeness (QED) is 0.348. The number of carbonyl (C=O) groups is 2. The van der Waals surface area contributed by atoms with Crippen LogP contribution in [0.5, 0.6) is 5.88 Å². The highest BCUT2D eigenvalue weighted by atomic mass is 32.2. The number of thioether (sulfide) groups is 1. The highest BCUT2D eigenvalue weighted by Crippen LogP contribution is 2.39. The number of hydrogen-bond donors (Lipinski definition) is 2. The van der Waals surface area contributed by atoms with Crippen molar-refractivity contribution in [3.8, 4) is 5.88 Å². The van der Waals surface area contributed by atoms with Crippen molar-refractivity contribution in [3.63, 3.8) is 0 Å². The largest absolute Gasteiger partial charge is 0.493 e. The Balaban J connectivity index is 1.78. The minimum Gasteiger partial charge on any atom is -0.493 e. The third-order valence-corrected chi connectivity index (χ3v) is 6.89. The van der Waals surface area contributed by atoms with E-state index in [4.69, 9.17) is 4.74 Å². The Kier molecular flexibility index (Phi) is 7.77. The van der Waals surface area contributed by atoms with Crippen molar-refractivity contribution in [2.75, 3.05) is 11.1 Å². The molecular weight excluding hydrogens is 438 g/mol. The summed E-state index contributed by atoms with van der Waals surface area (Å²) in [6.07, 6.45) is 4.23. The molecule has 0 radical (unpaired) electrons. The van der Waals surface area contributed by atoms with Gasteiger partial charge in [0.05, 0.1) is 23.5 Å². The molecule has 8 nitrogen and oxygen atoms in total. The number of aromatic hydroxyl groups is 1. The first-order chi connectivity index (χ1) is 14.8. The lowest BCUT2D eigenvalue weighted by Gasteiger charge is -2.14. The lowest BCUT2D eigenvalue weighted by atomic mass is 9.95. The first-order valence-electron chi connectivity index (χ1n) is 10.4. The fourth-order valence-electron chi connectivity index (χ4n) is 3.45. The number of fused-ring (bicyclic) bond motifs is 1. The molecule has 2 N–H and O–H groups in total. The molecule has 2 heterocycles. The van der Waals surface area contributed by atoms with Crippen molar-refractivity contribution < 1.29 is 19.4 Å². The van der Waals surface area contributed by atoms with Crippen molar-refractivity contribution in [3.05, 3.63) is 32.4 Å². The third kappa shape index (κ3) is 5.68. The van der Waals surface area contributed by atoms with Gasteiger partial charge in [0.25, 0.3) is 5.56 Å². The SMILES string of the molecule is CCCn1c(SCC(=O)Nc2sc3c(c2C(=O)OC(C)C)CCCC3)nc(O)cc1=O. The molecular formula is C21H27N3O5S2. The Morgan fingerprint density at radius 1 is 1.35 bits per heavy atom. The second-order valence-corrected chi connectivity index (χ2v) is 9.64. The Morgan fingerprint density at radius 2 is 2.10 bits per heavy atom. The van der Waals surface area contributed by atoms with Gasteiger partial charge in [0.15, 0.2) is 5.16 Å². The first kappa shape index (κ1) is 23.3. The van der Waals surface area contributed by atoms with Crippen molar-refractivity contribution in [1.29, 1.82) is 0 Å². The summed E-state index contributed by atoms with van der Waals surface area (Å²) in [5.74, 6) is -1.11. The summed E-state index contributed by atoms with van der Waals surface area (Å²) in [5.41, 5.74) is 1.09. The minimum atomic E-state index is -0.413. The lowest BCUT2D eigenvalue weighted by Crippen LogP contribution is -2.23. The van der Waals surface area contributed by atoms with Gasteiger partial charge in [-0.1, -0.05) is 18.7 Å². The summed E-state index contributed by atoms with van der Waals surface area (Å²) in [4.78, 5) is 42.6. The number of hydrogen-bond acceptors (Lipinski definition) is 8. The maximum Gasteiger partial charge on any atom is 0.341 e. The van der Waals surface area contributed by atoms with Gasteiger partial charge in [-0.15, -0.1) is 11.3 Å². The Bertz CT molecular complexity index is 1030. The molecule has 1 amide bonds. The highest BCUT2D eigenvalue weighted by Gasteiger charge is 2.28. The van der Waals surface area contributed by atoms with Crippen molar-refractivity contribution in [2.45, 2.75) is 70.7 Å². The van der Waals surface area contributed by atoms with Crippen LogP contribution in [0.1, 0.15) is 60.8 Å². The number of rotatable bonds is 8. The van der Waals surface area contributed by atoms with Crippen LogP contribution < -0.4 is 10.9 Å². The van der Waals surface area contributed by atoms with Crippen LogP contribution in [0.4, 0.5) is 5.00 Å². The zero-order valence-electron chi connectivity index (χ0n) is 17.9. The van der Waals surface area contributed by atoms with Gasteiger partial charge < -0.3 is 15.2 Å². The van der Waals surface area contributed by atoms with E-state index < -0.39 is 5.97 Å². The molecule has 0 saturated heterocycles. The van der Waals surface area contributed by atoms with Crippen LogP contribution in [-0.4, -0.2) is 38.4 Å². The number of thiophene rings is 1. The van der Waals surface area contributed by atoms with Gasteiger partial charge in [-0.25, -0.2) is 4.79 Å². The number of esters is 1. The van der Waals surface area contributed by atoms with E-state index in [0.29, 0.717) is 23.5 Å². The normalized spacial score (nSPS) is 13.2. The summed E-state index contributed by atoms with van der Waals surface area (Å²) < 4.78 is 6.85. The second-order valence-electron chi connectivity index (χ2n) is 7.59. The summed E-state index contributed by atoms with van der Waals surface area (Å²) in [6, 6.07) is 1.06. The molecule has 2 aromatic rings. The predicted octanol–water partition coefficient (Wildman–Crippen LogP) is 3.60. The zero-order chi connectivity index (χ0) is 22.5. The number of nitrogens with zero attached hydrogens (tertiary/aromatic N) is 2. The van der Waals surface area contributed by atoms with Crippen LogP contribution in [0.2, 0.25) is 0 Å². The molecule has 31 heavy (non-hydrogen) atoms. The second kappa shape index (κ2) is 10.3. The third-order valence-electron chi connectivity index (χ3n) is 4.71. The van der Waals surface area contributed by atoms with Crippen LogP contribution in [-0.2, 0) is 28.9 Å². The number of aromatic nitrogens is 2. The van der Waals surface area contributed by atoms with Gasteiger partial charge in [-0.3, -0.25) is 14.2 Å². The van der Waals surface area contributed by atoms with Crippen molar-refractivity contribution in [1.82, 2.24) is 9.55 Å². The first-order valence-corrected chi connectivity index (χ1v) is 12.2. The molecule has 1 aliphatic rings. The number of carbonyl (C=O) groups excluding carboxylic acids is 2. The molecule has 2 aromatic heterocycles. The monoisotopic (exact) mass is 465 g/mol. The van der Waals surface area contributed by atoms with Gasteiger partial charge in [-0.2, -0.15) is 4.98 Å². The summed E-state index contributed by atoms with van der Waals surface area (Å²) in [5, 5.41) is 13.3. The van der Waals surface area contributed by atoms with Crippen LogP contribution in [0.3, 0.4) is 0 Å². The molecule has 0 saturated carbocycles. The minimum absolute atomic E-state index is 0.0131. The maximum atomic E-state index is 12.7. The number of aryl methyl sites for hydroxylation is 1. The van der Waals surface area contributed by atoms with E-state index in [9.17, 15) is 19.5 Å². The maximum absolute atomic E-state index is 12.7. The molecule has 3 rings (SSSR count). The lowest BCUT2D eigenvalue weighted by molar-refractivity contribution is -0.113. The van der Waals surface area contributed by atoms with E-state index in [1.54, 1.807) is 13.8 Å². The van der Waals surface area contributed by atoms with E-state index in [1.807, 2.05) is 6.92 Å². The standard InChI is InChI=1S/C21H27N3O5S2/c1-4-9-24-17(27)10-15(25)23-21(24)30-11-16(26)22-19-18(20(28)29-12(2)3)13-7-5-6-8-14(13)31-19/h10,12,25H,4-9,11H2,1-3H3,(H,22,26). The molecule has 0 bridgehead atoms. The van der Waals surface area contributed by atoms with Gasteiger partial charge >= 0.3 is 5.97 Å².